The Labute approximate surface area is 124 Å². The van der Waals surface area contributed by atoms with Crippen molar-refractivity contribution >= 4 is 5.91 Å². The van der Waals surface area contributed by atoms with Gasteiger partial charge in [0.1, 0.15) is 11.9 Å². The molecule has 1 aromatic carbocycles. The Morgan fingerprint density at radius 2 is 2.10 bits per heavy atom. The van der Waals surface area contributed by atoms with Crippen molar-refractivity contribution in [3.05, 3.63) is 48.5 Å². The van der Waals surface area contributed by atoms with Crippen LogP contribution >= 0.6 is 0 Å². The van der Waals surface area contributed by atoms with E-state index in [-0.39, 0.29) is 18.4 Å². The molecule has 0 saturated heterocycles. The molecule has 0 aliphatic heterocycles. The monoisotopic (exact) mass is 287 g/mol. The van der Waals surface area contributed by atoms with Crippen LogP contribution in [0.3, 0.4) is 0 Å². The van der Waals surface area contributed by atoms with E-state index in [0.29, 0.717) is 0 Å². The minimum atomic E-state index is -0.977. The molecule has 21 heavy (non-hydrogen) atoms. The Kier molecular flexibility index (Phi) is 5.11. The Morgan fingerprint density at radius 3 is 2.76 bits per heavy atom. The molecule has 0 saturated carbocycles. The normalized spacial score (nSPS) is 13.7. The number of carbonyl (C=O) groups excluding carboxylic acids is 1. The summed E-state index contributed by atoms with van der Waals surface area (Å²) >= 11 is 0. The molecule has 2 aromatic rings. The molecular formula is C16H21N3O2. The Hall–Kier alpha value is -2.14. The van der Waals surface area contributed by atoms with Crippen molar-refractivity contribution in [2.75, 3.05) is 0 Å². The molecule has 0 spiro atoms. The first-order valence-electron chi connectivity index (χ1n) is 7.17. The van der Waals surface area contributed by atoms with Crippen LogP contribution in [0.4, 0.5) is 0 Å². The summed E-state index contributed by atoms with van der Waals surface area (Å²) in [5.74, 6) is 0.316. The molecule has 2 N–H and O–H groups in total. The van der Waals surface area contributed by atoms with Crippen LogP contribution in [0.2, 0.25) is 0 Å². The highest BCUT2D eigenvalue weighted by molar-refractivity contribution is 5.80. The highest BCUT2D eigenvalue weighted by atomic mass is 16.3. The maximum absolute atomic E-state index is 11.9. The van der Waals surface area contributed by atoms with E-state index in [1.807, 2.05) is 54.9 Å². The number of aliphatic hydroxyl groups is 1. The maximum Gasteiger partial charge on any atom is 0.249 e. The molecule has 0 aliphatic rings. The smallest absolute Gasteiger partial charge is 0.249 e. The number of nitrogens with one attached hydrogen (secondary N) is 1. The lowest BCUT2D eigenvalue weighted by Gasteiger charge is -2.16. The molecule has 1 heterocycles. The van der Waals surface area contributed by atoms with Gasteiger partial charge in [-0.1, -0.05) is 38.5 Å². The van der Waals surface area contributed by atoms with Gasteiger partial charge in [0, 0.05) is 18.1 Å². The fraction of sp³-hybridized carbons (Fsp3) is 0.375. The third-order valence-electron chi connectivity index (χ3n) is 3.62. The van der Waals surface area contributed by atoms with Crippen LogP contribution in [0.25, 0.3) is 5.69 Å². The number of hydrogen-bond acceptors (Lipinski definition) is 3. The van der Waals surface area contributed by atoms with Gasteiger partial charge in [0.15, 0.2) is 0 Å². The standard InChI is InChI=1S/C16H21N3O2/c1-3-12(2)15(20)16(21)18-11-14-17-9-10-19(14)13-7-5-4-6-8-13/h4-10,12,15,20H,3,11H2,1-2H3,(H,18,21)/t12-,15+/m1/s1. The van der Waals surface area contributed by atoms with E-state index in [4.69, 9.17) is 0 Å². The zero-order chi connectivity index (χ0) is 15.2. The van der Waals surface area contributed by atoms with Crippen molar-refractivity contribution < 1.29 is 9.90 Å². The van der Waals surface area contributed by atoms with Crippen LogP contribution in [0.15, 0.2) is 42.7 Å². The number of nitrogens with zero attached hydrogens (tertiary/aromatic N) is 2. The topological polar surface area (TPSA) is 67.2 Å². The van der Waals surface area contributed by atoms with Crippen molar-refractivity contribution in [1.82, 2.24) is 14.9 Å². The average molecular weight is 287 g/mol. The van der Waals surface area contributed by atoms with Crippen LogP contribution < -0.4 is 5.32 Å². The fourth-order valence-electron chi connectivity index (χ4n) is 2.04. The number of benzene rings is 1. The van der Waals surface area contributed by atoms with Gasteiger partial charge < -0.3 is 15.0 Å². The van der Waals surface area contributed by atoms with E-state index in [9.17, 15) is 9.90 Å². The van der Waals surface area contributed by atoms with Crippen molar-refractivity contribution in [1.29, 1.82) is 0 Å². The Balaban J connectivity index is 2.02. The molecule has 2 rings (SSSR count). The molecule has 0 bridgehead atoms. The van der Waals surface area contributed by atoms with E-state index >= 15 is 0 Å². The number of hydrogen-bond donors (Lipinski definition) is 2. The van der Waals surface area contributed by atoms with Gasteiger partial charge in [-0.15, -0.1) is 0 Å². The van der Waals surface area contributed by atoms with E-state index in [1.54, 1.807) is 6.20 Å². The lowest BCUT2D eigenvalue weighted by Crippen LogP contribution is -2.38. The first kappa shape index (κ1) is 15.3. The van der Waals surface area contributed by atoms with E-state index in [2.05, 4.69) is 10.3 Å². The van der Waals surface area contributed by atoms with Gasteiger partial charge in [-0.05, 0) is 18.1 Å². The minimum Gasteiger partial charge on any atom is -0.383 e. The average Bonchev–Trinajstić information content (AvgIpc) is 3.00. The second-order valence-electron chi connectivity index (χ2n) is 5.10. The number of rotatable bonds is 6. The highest BCUT2D eigenvalue weighted by Gasteiger charge is 2.21. The lowest BCUT2D eigenvalue weighted by atomic mass is 10.0. The second kappa shape index (κ2) is 7.04. The molecule has 0 fully saturated rings. The van der Waals surface area contributed by atoms with Gasteiger partial charge in [-0.25, -0.2) is 4.98 Å². The highest BCUT2D eigenvalue weighted by Crippen LogP contribution is 2.11. The first-order valence-corrected chi connectivity index (χ1v) is 7.17. The summed E-state index contributed by atoms with van der Waals surface area (Å²) in [6, 6.07) is 9.79. The summed E-state index contributed by atoms with van der Waals surface area (Å²) < 4.78 is 1.91. The van der Waals surface area contributed by atoms with Crippen molar-refractivity contribution in [2.45, 2.75) is 32.9 Å². The van der Waals surface area contributed by atoms with Gasteiger partial charge in [0.25, 0.3) is 0 Å². The molecule has 2 atom stereocenters. The predicted octanol–water partition coefficient (Wildman–Crippen LogP) is 1.90. The molecule has 1 aromatic heterocycles. The quantitative estimate of drug-likeness (QED) is 0.852. The Bertz CT molecular complexity index is 580. The molecule has 0 unspecified atom stereocenters. The molecule has 5 nitrogen and oxygen atoms in total. The van der Waals surface area contributed by atoms with Crippen LogP contribution in [-0.4, -0.2) is 26.7 Å². The largest absolute Gasteiger partial charge is 0.383 e. The number of imidazole rings is 1. The van der Waals surface area contributed by atoms with Gasteiger partial charge in [-0.3, -0.25) is 4.79 Å². The Morgan fingerprint density at radius 1 is 1.38 bits per heavy atom. The van der Waals surface area contributed by atoms with E-state index < -0.39 is 6.10 Å². The third-order valence-corrected chi connectivity index (χ3v) is 3.62. The number of amides is 1. The summed E-state index contributed by atoms with van der Waals surface area (Å²) in [6.45, 7) is 4.09. The molecule has 1 amide bonds. The van der Waals surface area contributed by atoms with Crippen LogP contribution in [-0.2, 0) is 11.3 Å². The van der Waals surface area contributed by atoms with Gasteiger partial charge >= 0.3 is 0 Å². The van der Waals surface area contributed by atoms with Crippen LogP contribution in [0.1, 0.15) is 26.1 Å². The van der Waals surface area contributed by atoms with Gasteiger partial charge in [0.05, 0.1) is 6.54 Å². The second-order valence-corrected chi connectivity index (χ2v) is 5.10. The summed E-state index contributed by atoms with van der Waals surface area (Å²) in [4.78, 5) is 16.1. The summed E-state index contributed by atoms with van der Waals surface area (Å²) in [5, 5.41) is 12.6. The molecular weight excluding hydrogens is 266 g/mol. The number of para-hydroxylation sites is 1. The van der Waals surface area contributed by atoms with E-state index in [1.165, 1.54) is 0 Å². The molecule has 0 radical (unpaired) electrons. The molecule has 0 aliphatic carbocycles. The maximum atomic E-state index is 11.9. The third kappa shape index (κ3) is 3.70. The van der Waals surface area contributed by atoms with Gasteiger partial charge in [0.2, 0.25) is 5.91 Å². The van der Waals surface area contributed by atoms with Crippen LogP contribution in [0.5, 0.6) is 0 Å². The number of aromatic nitrogens is 2. The number of aliphatic hydroxyl groups excluding tert-OH is 1. The van der Waals surface area contributed by atoms with Crippen molar-refractivity contribution in [3.8, 4) is 5.69 Å². The summed E-state index contributed by atoms with van der Waals surface area (Å²) in [5.41, 5.74) is 0.988. The SMILES string of the molecule is CC[C@@H](C)[C@H](O)C(=O)NCc1nccn1-c1ccccc1. The van der Waals surface area contributed by atoms with Crippen LogP contribution in [0, 0.1) is 5.92 Å². The lowest BCUT2D eigenvalue weighted by molar-refractivity contribution is -0.132. The fourth-order valence-corrected chi connectivity index (χ4v) is 2.04. The minimum absolute atomic E-state index is 0.0566. The number of carbonyl (C=O) groups is 1. The van der Waals surface area contributed by atoms with Crippen molar-refractivity contribution in [2.24, 2.45) is 5.92 Å². The zero-order valence-corrected chi connectivity index (χ0v) is 12.4. The zero-order valence-electron chi connectivity index (χ0n) is 12.4. The molecule has 112 valence electrons. The predicted molar refractivity (Wildman–Crippen MR) is 80.9 cm³/mol. The van der Waals surface area contributed by atoms with E-state index in [0.717, 1.165) is 17.9 Å². The summed E-state index contributed by atoms with van der Waals surface area (Å²) in [6.07, 6.45) is 3.32. The van der Waals surface area contributed by atoms with Crippen molar-refractivity contribution in [3.63, 3.8) is 0 Å². The molecule has 5 heteroatoms. The summed E-state index contributed by atoms with van der Waals surface area (Å²) in [7, 11) is 0. The first-order chi connectivity index (χ1) is 10.1. The van der Waals surface area contributed by atoms with Gasteiger partial charge in [-0.2, -0.15) is 0 Å².